The van der Waals surface area contributed by atoms with E-state index in [1.807, 2.05) is 46.0 Å². The van der Waals surface area contributed by atoms with Crippen molar-refractivity contribution in [1.82, 2.24) is 24.9 Å². The molecular formula is C21H30ClN5O. The Morgan fingerprint density at radius 3 is 2.54 bits per heavy atom. The van der Waals surface area contributed by atoms with E-state index in [0.717, 1.165) is 57.1 Å². The van der Waals surface area contributed by atoms with Gasteiger partial charge in [-0.3, -0.25) is 9.69 Å². The Balaban J connectivity index is 0.00000225. The number of rotatable bonds is 4. The lowest BCUT2D eigenvalue weighted by Gasteiger charge is -2.32. The van der Waals surface area contributed by atoms with Gasteiger partial charge in [-0.1, -0.05) is 32.0 Å². The van der Waals surface area contributed by atoms with Gasteiger partial charge in [0.05, 0.1) is 5.69 Å². The number of piperazine rings is 1. The standard InChI is InChI=1S/C21H29N5O.ClH/c1-16(2)20-14-19(23-26(20)17-6-4-3-5-7-17)21(27)25-11-8-18(15-25)24-12-9-22-10-13-24;/h3-7,14,16,18,22H,8-13,15H2,1-2H3;1H. The molecule has 28 heavy (non-hydrogen) atoms. The average Bonchev–Trinajstić information content (AvgIpc) is 3.37. The predicted molar refractivity (Wildman–Crippen MR) is 114 cm³/mol. The van der Waals surface area contributed by atoms with Crippen LogP contribution in [0, 0.1) is 0 Å². The summed E-state index contributed by atoms with van der Waals surface area (Å²) < 4.78 is 1.92. The van der Waals surface area contributed by atoms with Crippen LogP contribution >= 0.6 is 12.4 Å². The van der Waals surface area contributed by atoms with Crippen molar-refractivity contribution < 1.29 is 4.79 Å². The number of para-hydroxylation sites is 1. The summed E-state index contributed by atoms with van der Waals surface area (Å²) in [6.45, 7) is 10.2. The first-order chi connectivity index (χ1) is 13.1. The van der Waals surface area contributed by atoms with Gasteiger partial charge in [0.25, 0.3) is 5.91 Å². The first-order valence-electron chi connectivity index (χ1n) is 10.0. The van der Waals surface area contributed by atoms with Gasteiger partial charge in [0, 0.05) is 51.0 Å². The second-order valence-electron chi connectivity index (χ2n) is 7.84. The van der Waals surface area contributed by atoms with Crippen molar-refractivity contribution >= 4 is 18.3 Å². The maximum absolute atomic E-state index is 13.1. The Bertz CT molecular complexity index is 785. The molecule has 2 aliphatic rings. The molecule has 0 bridgehead atoms. The minimum atomic E-state index is 0. The fraction of sp³-hybridized carbons (Fsp3) is 0.524. The average molecular weight is 404 g/mol. The lowest BCUT2D eigenvalue weighted by atomic mass is 10.1. The molecule has 7 heteroatoms. The third-order valence-corrected chi connectivity index (χ3v) is 5.67. The first-order valence-corrected chi connectivity index (χ1v) is 10.0. The van der Waals surface area contributed by atoms with Gasteiger partial charge >= 0.3 is 0 Å². The minimum absolute atomic E-state index is 0. The topological polar surface area (TPSA) is 53.4 Å². The van der Waals surface area contributed by atoms with Gasteiger partial charge in [-0.05, 0) is 30.5 Å². The molecule has 3 heterocycles. The Kier molecular flexibility index (Phi) is 6.75. The fourth-order valence-corrected chi connectivity index (χ4v) is 4.12. The van der Waals surface area contributed by atoms with Crippen molar-refractivity contribution in [1.29, 1.82) is 0 Å². The van der Waals surface area contributed by atoms with Crippen LogP contribution < -0.4 is 5.32 Å². The zero-order valence-corrected chi connectivity index (χ0v) is 17.5. The van der Waals surface area contributed by atoms with E-state index in [0.29, 0.717) is 17.7 Å². The minimum Gasteiger partial charge on any atom is -0.336 e. The summed E-state index contributed by atoms with van der Waals surface area (Å²) in [6.07, 6.45) is 1.06. The number of likely N-dealkylation sites (tertiary alicyclic amines) is 1. The molecule has 1 amide bonds. The fourth-order valence-electron chi connectivity index (χ4n) is 4.12. The van der Waals surface area contributed by atoms with Crippen molar-refractivity contribution in [3.8, 4) is 5.69 Å². The second-order valence-corrected chi connectivity index (χ2v) is 7.84. The van der Waals surface area contributed by atoms with Crippen molar-refractivity contribution in [2.45, 2.75) is 32.2 Å². The van der Waals surface area contributed by atoms with Crippen molar-refractivity contribution in [3.05, 3.63) is 47.8 Å². The lowest BCUT2D eigenvalue weighted by Crippen LogP contribution is -2.49. The van der Waals surface area contributed by atoms with Crippen LogP contribution in [0.3, 0.4) is 0 Å². The van der Waals surface area contributed by atoms with E-state index in [1.54, 1.807) is 0 Å². The lowest BCUT2D eigenvalue weighted by molar-refractivity contribution is 0.0767. The summed E-state index contributed by atoms with van der Waals surface area (Å²) in [5, 5.41) is 8.08. The molecule has 0 spiro atoms. The van der Waals surface area contributed by atoms with Crippen LogP contribution in [0.1, 0.15) is 42.4 Å². The van der Waals surface area contributed by atoms with Gasteiger partial charge in [-0.25, -0.2) is 4.68 Å². The molecular weight excluding hydrogens is 374 g/mol. The summed E-state index contributed by atoms with van der Waals surface area (Å²) >= 11 is 0. The number of halogens is 1. The molecule has 0 radical (unpaired) electrons. The molecule has 4 rings (SSSR count). The summed E-state index contributed by atoms with van der Waals surface area (Å²) in [4.78, 5) is 17.6. The van der Waals surface area contributed by atoms with Crippen LogP contribution in [-0.4, -0.2) is 70.8 Å². The molecule has 1 unspecified atom stereocenters. The molecule has 2 fully saturated rings. The highest BCUT2D eigenvalue weighted by molar-refractivity contribution is 5.92. The van der Waals surface area contributed by atoms with Crippen molar-refractivity contribution in [2.24, 2.45) is 0 Å². The molecule has 0 aliphatic carbocycles. The van der Waals surface area contributed by atoms with Gasteiger partial charge in [-0.2, -0.15) is 5.10 Å². The van der Waals surface area contributed by atoms with Crippen LogP contribution in [0.5, 0.6) is 0 Å². The molecule has 1 atom stereocenters. The van der Waals surface area contributed by atoms with E-state index < -0.39 is 0 Å². The number of benzene rings is 1. The normalized spacial score (nSPS) is 20.4. The summed E-state index contributed by atoms with van der Waals surface area (Å²) in [5.41, 5.74) is 2.63. The molecule has 2 aromatic rings. The van der Waals surface area contributed by atoms with Gasteiger partial charge in [-0.15, -0.1) is 12.4 Å². The summed E-state index contributed by atoms with van der Waals surface area (Å²) in [6, 6.07) is 12.5. The molecule has 152 valence electrons. The number of nitrogens with one attached hydrogen (secondary N) is 1. The number of amides is 1. The maximum Gasteiger partial charge on any atom is 0.274 e. The summed E-state index contributed by atoms with van der Waals surface area (Å²) in [7, 11) is 0. The van der Waals surface area contributed by atoms with E-state index in [1.165, 1.54) is 0 Å². The van der Waals surface area contributed by atoms with Crippen LogP contribution in [0.4, 0.5) is 0 Å². The predicted octanol–water partition coefficient (Wildman–Crippen LogP) is 2.54. The maximum atomic E-state index is 13.1. The first kappa shape index (κ1) is 20.8. The van der Waals surface area contributed by atoms with Gasteiger partial charge < -0.3 is 10.2 Å². The molecule has 2 saturated heterocycles. The number of hydrogen-bond donors (Lipinski definition) is 1. The molecule has 0 saturated carbocycles. The third-order valence-electron chi connectivity index (χ3n) is 5.67. The van der Waals surface area contributed by atoms with E-state index in [4.69, 9.17) is 0 Å². The van der Waals surface area contributed by atoms with Crippen molar-refractivity contribution in [3.63, 3.8) is 0 Å². The van der Waals surface area contributed by atoms with Gasteiger partial charge in [0.2, 0.25) is 0 Å². The van der Waals surface area contributed by atoms with E-state index in [2.05, 4.69) is 29.2 Å². The smallest absolute Gasteiger partial charge is 0.274 e. The number of carbonyl (C=O) groups excluding carboxylic acids is 1. The Labute approximate surface area is 173 Å². The number of nitrogens with zero attached hydrogens (tertiary/aromatic N) is 4. The molecule has 1 aromatic carbocycles. The highest BCUT2D eigenvalue weighted by Crippen LogP contribution is 2.23. The number of carbonyl (C=O) groups is 1. The van der Waals surface area contributed by atoms with Crippen LogP contribution in [0.25, 0.3) is 5.69 Å². The summed E-state index contributed by atoms with van der Waals surface area (Å²) in [5.74, 6) is 0.357. The van der Waals surface area contributed by atoms with E-state index in [-0.39, 0.29) is 18.3 Å². The highest BCUT2D eigenvalue weighted by Gasteiger charge is 2.32. The zero-order chi connectivity index (χ0) is 18.8. The van der Waals surface area contributed by atoms with Crippen LogP contribution in [0.2, 0.25) is 0 Å². The molecule has 6 nitrogen and oxygen atoms in total. The Morgan fingerprint density at radius 1 is 1.14 bits per heavy atom. The number of hydrogen-bond acceptors (Lipinski definition) is 4. The van der Waals surface area contributed by atoms with E-state index >= 15 is 0 Å². The SMILES string of the molecule is CC(C)c1cc(C(=O)N2CCC(N3CCNCC3)C2)nn1-c1ccccc1.Cl. The molecule has 1 aromatic heterocycles. The largest absolute Gasteiger partial charge is 0.336 e. The van der Waals surface area contributed by atoms with Gasteiger partial charge in [0.15, 0.2) is 5.69 Å². The van der Waals surface area contributed by atoms with E-state index in [9.17, 15) is 4.79 Å². The highest BCUT2D eigenvalue weighted by atomic mass is 35.5. The monoisotopic (exact) mass is 403 g/mol. The second kappa shape index (κ2) is 9.07. The Hall–Kier alpha value is -1.89. The zero-order valence-electron chi connectivity index (χ0n) is 16.7. The quantitative estimate of drug-likeness (QED) is 0.852. The van der Waals surface area contributed by atoms with Crippen molar-refractivity contribution in [2.75, 3.05) is 39.3 Å². The van der Waals surface area contributed by atoms with Crippen LogP contribution in [-0.2, 0) is 0 Å². The van der Waals surface area contributed by atoms with Crippen LogP contribution in [0.15, 0.2) is 36.4 Å². The molecule has 1 N–H and O–H groups in total. The van der Waals surface area contributed by atoms with Gasteiger partial charge in [0.1, 0.15) is 0 Å². The Morgan fingerprint density at radius 2 is 1.86 bits per heavy atom. The number of aromatic nitrogens is 2. The third kappa shape index (κ3) is 4.24. The molecule has 2 aliphatic heterocycles.